The molecule has 0 saturated heterocycles. The van der Waals surface area contributed by atoms with Gasteiger partial charge < -0.3 is 19.9 Å². The number of esters is 1. The van der Waals surface area contributed by atoms with Gasteiger partial charge in [-0.15, -0.1) is 0 Å². The fourth-order valence-electron chi connectivity index (χ4n) is 1.64. The fourth-order valence-corrected chi connectivity index (χ4v) is 1.64. The number of carbonyl (C=O) groups is 1. The number of benzene rings is 1. The molecule has 120 valence electrons. The lowest BCUT2D eigenvalue weighted by Crippen LogP contribution is -2.20. The molecule has 0 atom stereocenters. The number of ether oxygens (including phenoxy) is 2. The first-order valence-electron chi connectivity index (χ1n) is 7.09. The zero-order valence-corrected chi connectivity index (χ0v) is 12.9. The van der Waals surface area contributed by atoms with Gasteiger partial charge in [-0.1, -0.05) is 30.3 Å². The molecule has 6 nitrogen and oxygen atoms in total. The Morgan fingerprint density at radius 2 is 2.05 bits per heavy atom. The van der Waals surface area contributed by atoms with Crippen LogP contribution in [0.2, 0.25) is 0 Å². The minimum atomic E-state index is -0.526. The second kappa shape index (κ2) is 10.4. The highest BCUT2D eigenvalue weighted by Crippen LogP contribution is 2.09. The van der Waals surface area contributed by atoms with Crippen LogP contribution in [-0.2, 0) is 20.9 Å². The topological polar surface area (TPSA) is 80.2 Å². The molecule has 22 heavy (non-hydrogen) atoms. The normalized spacial score (nSPS) is 12.0. The molecule has 0 aliphatic carbocycles. The minimum absolute atomic E-state index is 0.0909. The van der Waals surface area contributed by atoms with Crippen LogP contribution in [0, 0.1) is 0 Å². The Labute approximate surface area is 130 Å². The van der Waals surface area contributed by atoms with Gasteiger partial charge in [0.1, 0.15) is 12.2 Å². The summed E-state index contributed by atoms with van der Waals surface area (Å²) in [4.78, 5) is 16.0. The van der Waals surface area contributed by atoms with E-state index >= 15 is 0 Å². The zero-order valence-electron chi connectivity index (χ0n) is 12.9. The van der Waals surface area contributed by atoms with Crippen molar-refractivity contribution in [3.05, 3.63) is 47.4 Å². The third-order valence-corrected chi connectivity index (χ3v) is 2.64. The first kappa shape index (κ1) is 17.7. The van der Waals surface area contributed by atoms with Crippen molar-refractivity contribution >= 4 is 12.2 Å². The van der Waals surface area contributed by atoms with E-state index in [0.29, 0.717) is 6.61 Å². The Bertz CT molecular complexity index is 512. The maximum Gasteiger partial charge on any atom is 0.345 e. The summed E-state index contributed by atoms with van der Waals surface area (Å²) in [6.45, 7) is 2.41. The molecule has 0 amide bonds. The molecule has 0 fully saturated rings. The summed E-state index contributed by atoms with van der Waals surface area (Å²) in [5, 5.41) is 11.6. The molecule has 0 aliphatic rings. The second-order valence-electron chi connectivity index (χ2n) is 4.25. The monoisotopic (exact) mass is 306 g/mol. The van der Waals surface area contributed by atoms with Gasteiger partial charge in [0.25, 0.3) is 0 Å². The number of rotatable bonds is 9. The van der Waals surface area contributed by atoms with E-state index in [9.17, 15) is 4.79 Å². The first-order valence-corrected chi connectivity index (χ1v) is 7.09. The molecule has 0 bridgehead atoms. The molecule has 0 aliphatic heterocycles. The molecule has 1 rings (SSSR count). The highest BCUT2D eigenvalue weighted by Gasteiger charge is 2.16. The lowest BCUT2D eigenvalue weighted by Gasteiger charge is -2.13. The Hall–Kier alpha value is -2.34. The molecule has 2 N–H and O–H groups in total. The molecule has 0 spiro atoms. The van der Waals surface area contributed by atoms with Crippen molar-refractivity contribution in [3.8, 4) is 0 Å². The van der Waals surface area contributed by atoms with Gasteiger partial charge in [0.2, 0.25) is 5.88 Å². The summed E-state index contributed by atoms with van der Waals surface area (Å²) < 4.78 is 10.7. The maximum absolute atomic E-state index is 12.0. The average molecular weight is 306 g/mol. The SMILES string of the molecule is CCOC(=O)C(/C=N/CCO)=C(/NC)OCc1ccccc1. The Morgan fingerprint density at radius 3 is 2.64 bits per heavy atom. The van der Waals surface area contributed by atoms with E-state index in [-0.39, 0.29) is 31.2 Å². The summed E-state index contributed by atoms with van der Waals surface area (Å²) >= 11 is 0. The van der Waals surface area contributed by atoms with Crippen LogP contribution in [0.3, 0.4) is 0 Å². The summed E-state index contributed by atoms with van der Waals surface area (Å²) in [5.74, 6) is -0.245. The molecule has 0 saturated carbocycles. The minimum Gasteiger partial charge on any atom is -0.474 e. The van der Waals surface area contributed by atoms with E-state index < -0.39 is 5.97 Å². The van der Waals surface area contributed by atoms with Crippen LogP contribution in [0.15, 0.2) is 46.8 Å². The van der Waals surface area contributed by atoms with Gasteiger partial charge in [-0.3, -0.25) is 4.99 Å². The van der Waals surface area contributed by atoms with E-state index in [4.69, 9.17) is 14.6 Å². The lowest BCUT2D eigenvalue weighted by atomic mass is 10.2. The summed E-state index contributed by atoms with van der Waals surface area (Å²) in [6, 6.07) is 9.60. The van der Waals surface area contributed by atoms with Gasteiger partial charge in [0.15, 0.2) is 0 Å². The van der Waals surface area contributed by atoms with E-state index in [1.807, 2.05) is 30.3 Å². The van der Waals surface area contributed by atoms with Gasteiger partial charge in [-0.05, 0) is 12.5 Å². The van der Waals surface area contributed by atoms with E-state index in [1.165, 1.54) is 6.21 Å². The van der Waals surface area contributed by atoms with E-state index in [1.54, 1.807) is 14.0 Å². The maximum atomic E-state index is 12.0. The standard InChI is InChI=1S/C16H22N2O4/c1-3-21-16(20)14(11-18-9-10-19)15(17-2)22-12-13-7-5-4-6-8-13/h4-8,11,17,19H,3,9-10,12H2,1-2H3/b15-14-,18-11+. The first-order chi connectivity index (χ1) is 10.7. The van der Waals surface area contributed by atoms with Crippen molar-refractivity contribution in [1.82, 2.24) is 5.32 Å². The predicted octanol–water partition coefficient (Wildman–Crippen LogP) is 1.26. The molecule has 6 heteroatoms. The molecule has 1 aromatic carbocycles. The van der Waals surface area contributed by atoms with Gasteiger partial charge in [0.05, 0.1) is 19.8 Å². The smallest absolute Gasteiger partial charge is 0.345 e. The third kappa shape index (κ3) is 5.97. The number of nitrogens with one attached hydrogen (secondary N) is 1. The number of aliphatic hydroxyl groups is 1. The van der Waals surface area contributed by atoms with E-state index in [0.717, 1.165) is 5.56 Å². The number of hydrogen-bond donors (Lipinski definition) is 2. The molecule has 0 aromatic heterocycles. The Morgan fingerprint density at radius 1 is 1.32 bits per heavy atom. The van der Waals surface area contributed by atoms with Crippen molar-refractivity contribution in [3.63, 3.8) is 0 Å². The van der Waals surface area contributed by atoms with Crippen LogP contribution in [0.1, 0.15) is 12.5 Å². The van der Waals surface area contributed by atoms with Crippen LogP contribution in [0.25, 0.3) is 0 Å². The van der Waals surface area contributed by atoms with Crippen molar-refractivity contribution in [1.29, 1.82) is 0 Å². The van der Waals surface area contributed by atoms with E-state index in [2.05, 4.69) is 10.3 Å². The molecule has 0 unspecified atom stereocenters. The van der Waals surface area contributed by atoms with Crippen LogP contribution >= 0.6 is 0 Å². The molecule has 0 radical (unpaired) electrons. The molecule has 0 heterocycles. The third-order valence-electron chi connectivity index (χ3n) is 2.64. The van der Waals surface area contributed by atoms with Crippen molar-refractivity contribution in [2.24, 2.45) is 4.99 Å². The molecular weight excluding hydrogens is 284 g/mol. The summed E-state index contributed by atoms with van der Waals surface area (Å²) in [5.41, 5.74) is 1.17. The summed E-state index contributed by atoms with van der Waals surface area (Å²) in [6.07, 6.45) is 1.35. The average Bonchev–Trinajstić information content (AvgIpc) is 2.55. The fraction of sp³-hybridized carbons (Fsp3) is 0.375. The number of hydrogen-bond acceptors (Lipinski definition) is 6. The number of aliphatic imine (C=N–C) groups is 1. The number of aliphatic hydroxyl groups excluding tert-OH is 1. The van der Waals surface area contributed by atoms with Crippen LogP contribution in [-0.4, -0.2) is 44.1 Å². The van der Waals surface area contributed by atoms with Crippen LogP contribution in [0.5, 0.6) is 0 Å². The van der Waals surface area contributed by atoms with Gasteiger partial charge in [-0.2, -0.15) is 0 Å². The molecule has 1 aromatic rings. The highest BCUT2D eigenvalue weighted by atomic mass is 16.5. The van der Waals surface area contributed by atoms with Crippen LogP contribution < -0.4 is 5.32 Å². The zero-order chi connectivity index (χ0) is 16.2. The van der Waals surface area contributed by atoms with Crippen molar-refractivity contribution < 1.29 is 19.4 Å². The van der Waals surface area contributed by atoms with Gasteiger partial charge in [-0.25, -0.2) is 4.79 Å². The van der Waals surface area contributed by atoms with Crippen LogP contribution in [0.4, 0.5) is 0 Å². The number of carbonyl (C=O) groups excluding carboxylic acids is 1. The number of nitrogens with zero attached hydrogens (tertiary/aromatic N) is 1. The highest BCUT2D eigenvalue weighted by molar-refractivity contribution is 6.09. The Kier molecular flexibility index (Phi) is 8.37. The summed E-state index contributed by atoms with van der Waals surface area (Å²) in [7, 11) is 1.65. The predicted molar refractivity (Wildman–Crippen MR) is 84.4 cm³/mol. The van der Waals surface area contributed by atoms with Crippen molar-refractivity contribution in [2.75, 3.05) is 26.8 Å². The Balaban J connectivity index is 2.90. The van der Waals surface area contributed by atoms with Gasteiger partial charge in [0, 0.05) is 13.3 Å². The van der Waals surface area contributed by atoms with Crippen molar-refractivity contribution in [2.45, 2.75) is 13.5 Å². The lowest BCUT2D eigenvalue weighted by molar-refractivity contribution is -0.138. The quantitative estimate of drug-likeness (QED) is 0.311. The van der Waals surface area contributed by atoms with Gasteiger partial charge >= 0.3 is 5.97 Å². The molecular formula is C16H22N2O4. The second-order valence-corrected chi connectivity index (χ2v) is 4.25. The largest absolute Gasteiger partial charge is 0.474 e.